The third-order valence-electron chi connectivity index (χ3n) is 3.52. The van der Waals surface area contributed by atoms with Crippen LogP contribution < -0.4 is 5.32 Å². The minimum absolute atomic E-state index is 0.284. The number of nitrogens with one attached hydrogen (secondary N) is 1. The third-order valence-corrected chi connectivity index (χ3v) is 3.52. The van der Waals surface area contributed by atoms with E-state index >= 15 is 0 Å². The molecule has 106 valence electrons. The van der Waals surface area contributed by atoms with E-state index in [1.54, 1.807) is 0 Å². The van der Waals surface area contributed by atoms with Crippen molar-refractivity contribution in [1.29, 1.82) is 0 Å². The van der Waals surface area contributed by atoms with E-state index < -0.39 is 0 Å². The zero-order valence-corrected chi connectivity index (χ0v) is 11.8. The summed E-state index contributed by atoms with van der Waals surface area (Å²) in [7, 11) is 0. The van der Waals surface area contributed by atoms with Gasteiger partial charge in [-0.2, -0.15) is 5.10 Å². The van der Waals surface area contributed by atoms with Crippen molar-refractivity contribution < 1.29 is 4.79 Å². The molecule has 0 aliphatic carbocycles. The maximum Gasteiger partial charge on any atom is 0.223 e. The van der Waals surface area contributed by atoms with Crippen molar-refractivity contribution in [3.8, 4) is 0 Å². The molecule has 1 aromatic rings. The smallest absolute Gasteiger partial charge is 0.223 e. The summed E-state index contributed by atoms with van der Waals surface area (Å²) in [5.74, 6) is 0.284. The number of likely N-dealkylation sites (tertiary alicyclic amines) is 1. The fraction of sp³-hybridized carbons (Fsp3) is 0.714. The largest absolute Gasteiger partial charge is 0.343 e. The van der Waals surface area contributed by atoms with Crippen LogP contribution in [0.25, 0.3) is 0 Å². The summed E-state index contributed by atoms with van der Waals surface area (Å²) in [6.45, 7) is 6.52. The lowest BCUT2D eigenvalue weighted by molar-refractivity contribution is -0.130. The van der Waals surface area contributed by atoms with Crippen molar-refractivity contribution in [1.82, 2.24) is 20.0 Å². The van der Waals surface area contributed by atoms with E-state index in [0.717, 1.165) is 52.0 Å². The van der Waals surface area contributed by atoms with Crippen LogP contribution in [0.3, 0.4) is 0 Å². The van der Waals surface area contributed by atoms with Gasteiger partial charge >= 0.3 is 0 Å². The Labute approximate surface area is 115 Å². The average Bonchev–Trinajstić information content (AvgIpc) is 3.06. The number of nitrogens with zero attached hydrogens (tertiary/aromatic N) is 3. The van der Waals surface area contributed by atoms with Gasteiger partial charge in [0.2, 0.25) is 5.91 Å². The summed E-state index contributed by atoms with van der Waals surface area (Å²) in [6.07, 6.45) is 5.84. The van der Waals surface area contributed by atoms with Crippen molar-refractivity contribution >= 4 is 5.91 Å². The molecule has 0 unspecified atom stereocenters. The number of aromatic nitrogens is 2. The van der Waals surface area contributed by atoms with Crippen LogP contribution in [0.5, 0.6) is 0 Å². The standard InChI is InChI=1S/C14H24N4O/c1-2-9-18-13(5-8-16-18)12-15-7-6-14(19)17-10-3-4-11-17/h5,8,15H,2-4,6-7,9-12H2,1H3. The molecular formula is C14H24N4O. The molecule has 1 amide bonds. The van der Waals surface area contributed by atoms with Crippen molar-refractivity contribution in [3.63, 3.8) is 0 Å². The third kappa shape index (κ3) is 4.06. The lowest BCUT2D eigenvalue weighted by Gasteiger charge is -2.15. The molecule has 1 fully saturated rings. The maximum absolute atomic E-state index is 11.8. The molecule has 0 bridgehead atoms. The molecule has 1 aliphatic heterocycles. The van der Waals surface area contributed by atoms with Crippen LogP contribution in [-0.4, -0.2) is 40.2 Å². The number of carbonyl (C=O) groups excluding carboxylic acids is 1. The fourth-order valence-corrected chi connectivity index (χ4v) is 2.46. The van der Waals surface area contributed by atoms with E-state index in [0.29, 0.717) is 6.42 Å². The second-order valence-corrected chi connectivity index (χ2v) is 5.06. The summed E-state index contributed by atoms with van der Waals surface area (Å²) in [4.78, 5) is 13.8. The molecule has 2 heterocycles. The van der Waals surface area contributed by atoms with E-state index in [2.05, 4.69) is 17.3 Å². The second kappa shape index (κ2) is 7.28. The molecule has 0 saturated carbocycles. The van der Waals surface area contributed by atoms with E-state index in [4.69, 9.17) is 0 Å². The highest BCUT2D eigenvalue weighted by Gasteiger charge is 2.16. The highest BCUT2D eigenvalue weighted by atomic mass is 16.2. The molecule has 0 radical (unpaired) electrons. The Morgan fingerprint density at radius 3 is 2.95 bits per heavy atom. The van der Waals surface area contributed by atoms with Crippen LogP contribution >= 0.6 is 0 Å². The van der Waals surface area contributed by atoms with E-state index in [1.165, 1.54) is 5.69 Å². The van der Waals surface area contributed by atoms with Crippen molar-refractivity contribution in [2.24, 2.45) is 0 Å². The minimum Gasteiger partial charge on any atom is -0.343 e. The number of hydrogen-bond acceptors (Lipinski definition) is 3. The molecule has 0 spiro atoms. The maximum atomic E-state index is 11.8. The van der Waals surface area contributed by atoms with E-state index in [1.807, 2.05) is 21.8 Å². The van der Waals surface area contributed by atoms with Crippen LogP contribution in [0, 0.1) is 0 Å². The highest BCUT2D eigenvalue weighted by molar-refractivity contribution is 5.76. The van der Waals surface area contributed by atoms with Crippen molar-refractivity contribution in [2.45, 2.75) is 45.7 Å². The Hall–Kier alpha value is -1.36. The monoisotopic (exact) mass is 264 g/mol. The Balaban J connectivity index is 1.65. The van der Waals surface area contributed by atoms with Gasteiger partial charge < -0.3 is 10.2 Å². The quantitative estimate of drug-likeness (QED) is 0.757. The van der Waals surface area contributed by atoms with Gasteiger partial charge in [0.15, 0.2) is 0 Å². The van der Waals surface area contributed by atoms with Gasteiger partial charge in [0.25, 0.3) is 0 Å². The van der Waals surface area contributed by atoms with Crippen molar-refractivity contribution in [3.05, 3.63) is 18.0 Å². The molecule has 5 heteroatoms. The molecule has 5 nitrogen and oxygen atoms in total. The first kappa shape index (κ1) is 14.1. The zero-order valence-electron chi connectivity index (χ0n) is 11.8. The molecule has 1 aliphatic rings. The zero-order chi connectivity index (χ0) is 13.5. The van der Waals surface area contributed by atoms with Gasteiger partial charge in [0.1, 0.15) is 0 Å². The molecule has 1 aromatic heterocycles. The lowest BCUT2D eigenvalue weighted by Crippen LogP contribution is -2.30. The van der Waals surface area contributed by atoms with Gasteiger partial charge in [-0.3, -0.25) is 9.48 Å². The predicted octanol–water partition coefficient (Wildman–Crippen LogP) is 1.40. The summed E-state index contributed by atoms with van der Waals surface area (Å²) in [5, 5.41) is 7.62. The molecule has 0 aromatic carbocycles. The second-order valence-electron chi connectivity index (χ2n) is 5.06. The van der Waals surface area contributed by atoms with Crippen LogP contribution in [0.2, 0.25) is 0 Å². The fourth-order valence-electron chi connectivity index (χ4n) is 2.46. The topological polar surface area (TPSA) is 50.2 Å². The molecule has 0 atom stereocenters. The van der Waals surface area contributed by atoms with E-state index in [-0.39, 0.29) is 5.91 Å². The molecular weight excluding hydrogens is 240 g/mol. The Kier molecular flexibility index (Phi) is 5.39. The first-order chi connectivity index (χ1) is 9.31. The van der Waals surface area contributed by atoms with Gasteiger partial charge in [-0.1, -0.05) is 6.92 Å². The summed E-state index contributed by atoms with van der Waals surface area (Å²) >= 11 is 0. The highest BCUT2D eigenvalue weighted by Crippen LogP contribution is 2.08. The Morgan fingerprint density at radius 1 is 1.42 bits per heavy atom. The SMILES string of the molecule is CCCn1nccc1CNCCC(=O)N1CCCC1. The summed E-state index contributed by atoms with van der Waals surface area (Å²) < 4.78 is 2.02. The number of carbonyl (C=O) groups is 1. The van der Waals surface area contributed by atoms with Gasteiger partial charge in [-0.05, 0) is 25.3 Å². The van der Waals surface area contributed by atoms with Crippen LogP contribution in [0.4, 0.5) is 0 Å². The molecule has 1 N–H and O–H groups in total. The van der Waals surface area contributed by atoms with Crippen molar-refractivity contribution in [2.75, 3.05) is 19.6 Å². The normalized spacial score (nSPS) is 15.1. The first-order valence-electron chi connectivity index (χ1n) is 7.30. The average molecular weight is 264 g/mol. The van der Waals surface area contributed by atoms with Gasteiger partial charge in [0.05, 0.1) is 5.69 Å². The van der Waals surface area contributed by atoms with E-state index in [9.17, 15) is 4.79 Å². The first-order valence-corrected chi connectivity index (χ1v) is 7.30. The van der Waals surface area contributed by atoms with Crippen LogP contribution in [0.15, 0.2) is 12.3 Å². The Bertz CT molecular complexity index is 396. The number of aryl methyl sites for hydroxylation is 1. The van der Waals surface area contributed by atoms with Gasteiger partial charge in [-0.25, -0.2) is 0 Å². The van der Waals surface area contributed by atoms with Crippen LogP contribution in [0.1, 0.15) is 38.3 Å². The molecule has 1 saturated heterocycles. The number of amides is 1. The predicted molar refractivity (Wildman–Crippen MR) is 74.7 cm³/mol. The van der Waals surface area contributed by atoms with Gasteiger partial charge in [0, 0.05) is 45.3 Å². The minimum atomic E-state index is 0.284. The molecule has 2 rings (SSSR count). The summed E-state index contributed by atoms with van der Waals surface area (Å²) in [5.41, 5.74) is 1.19. The number of rotatable bonds is 7. The van der Waals surface area contributed by atoms with Gasteiger partial charge in [-0.15, -0.1) is 0 Å². The lowest BCUT2D eigenvalue weighted by atomic mass is 10.3. The Morgan fingerprint density at radius 2 is 2.21 bits per heavy atom. The number of hydrogen-bond donors (Lipinski definition) is 1. The molecule has 19 heavy (non-hydrogen) atoms. The summed E-state index contributed by atoms with van der Waals surface area (Å²) in [6, 6.07) is 2.03. The van der Waals surface area contributed by atoms with Crippen LogP contribution in [-0.2, 0) is 17.9 Å².